The topological polar surface area (TPSA) is 90.3 Å². The molecule has 2 saturated heterocycles. The number of fused-ring (bicyclic) bond motifs is 1. The zero-order chi connectivity index (χ0) is 28.7. The summed E-state index contributed by atoms with van der Waals surface area (Å²) in [6, 6.07) is 11.5. The lowest BCUT2D eigenvalue weighted by molar-refractivity contribution is -0.193. The molecule has 2 aromatic rings. The van der Waals surface area contributed by atoms with E-state index in [4.69, 9.17) is 24.5 Å². The van der Waals surface area contributed by atoms with Gasteiger partial charge in [0, 0.05) is 61.0 Å². The molecule has 2 fully saturated rings. The summed E-state index contributed by atoms with van der Waals surface area (Å²) in [7, 11) is 0. The first-order valence-electron chi connectivity index (χ1n) is 11.1. The molecule has 0 radical (unpaired) electrons. The Morgan fingerprint density at radius 2 is 1.61 bits per heavy atom. The second-order valence-corrected chi connectivity index (χ2v) is 9.81. The summed E-state index contributed by atoms with van der Waals surface area (Å²) in [5.41, 5.74) is 0. The Kier molecular flexibility index (Phi) is 10.9. The number of nitrogens with zero attached hydrogens (tertiary/aromatic N) is 2. The number of benzene rings is 1. The molecular formula is C23H25F7N2O5S. The number of rotatable bonds is 4. The predicted octanol–water partition coefficient (Wildman–Crippen LogP) is 4.80. The number of alkyl halides is 6. The third-order valence-electron chi connectivity index (χ3n) is 5.42. The Morgan fingerprint density at radius 1 is 1.00 bits per heavy atom. The van der Waals surface area contributed by atoms with E-state index in [-0.39, 0.29) is 11.9 Å². The highest BCUT2D eigenvalue weighted by atomic mass is 32.1. The minimum atomic E-state index is -5.08. The zero-order valence-corrected chi connectivity index (χ0v) is 20.7. The summed E-state index contributed by atoms with van der Waals surface area (Å²) in [6.45, 7) is 7.47. The van der Waals surface area contributed by atoms with Crippen LogP contribution in [0, 0.1) is 12.7 Å². The van der Waals surface area contributed by atoms with Crippen LogP contribution in [0.5, 0.6) is 5.75 Å². The highest BCUT2D eigenvalue weighted by molar-refractivity contribution is 7.11. The second-order valence-electron chi connectivity index (χ2n) is 8.43. The van der Waals surface area contributed by atoms with Crippen molar-refractivity contribution in [1.82, 2.24) is 9.80 Å². The quantitative estimate of drug-likeness (QED) is 0.508. The fourth-order valence-electron chi connectivity index (χ4n) is 3.81. The third-order valence-corrected chi connectivity index (χ3v) is 6.41. The maximum absolute atomic E-state index is 13.3. The van der Waals surface area contributed by atoms with Crippen LogP contribution in [0.4, 0.5) is 30.7 Å². The molecule has 2 atom stereocenters. The molecule has 1 aromatic carbocycles. The van der Waals surface area contributed by atoms with E-state index in [1.54, 1.807) is 6.07 Å². The van der Waals surface area contributed by atoms with Gasteiger partial charge >= 0.3 is 24.3 Å². The van der Waals surface area contributed by atoms with Gasteiger partial charge in [0.15, 0.2) is 0 Å². The van der Waals surface area contributed by atoms with Crippen molar-refractivity contribution in [3.8, 4) is 5.75 Å². The molecule has 2 aliphatic rings. The number of carboxylic acid groups (broad SMARTS) is 2. The van der Waals surface area contributed by atoms with Crippen LogP contribution in [0.1, 0.15) is 16.2 Å². The summed E-state index contributed by atoms with van der Waals surface area (Å²) in [4.78, 5) is 25.7. The van der Waals surface area contributed by atoms with Crippen molar-refractivity contribution in [2.45, 2.75) is 44.4 Å². The van der Waals surface area contributed by atoms with Gasteiger partial charge in [0.05, 0.1) is 0 Å². The first-order valence-corrected chi connectivity index (χ1v) is 11.9. The Morgan fingerprint density at radius 3 is 2.11 bits per heavy atom. The smallest absolute Gasteiger partial charge is 0.489 e. The van der Waals surface area contributed by atoms with Crippen molar-refractivity contribution in [2.75, 3.05) is 26.2 Å². The Balaban J connectivity index is 0.000000301. The predicted molar refractivity (Wildman–Crippen MR) is 123 cm³/mol. The molecule has 2 unspecified atom stereocenters. The van der Waals surface area contributed by atoms with Crippen LogP contribution in [0.2, 0.25) is 0 Å². The van der Waals surface area contributed by atoms with Gasteiger partial charge in [-0.25, -0.2) is 14.0 Å². The molecule has 0 saturated carbocycles. The van der Waals surface area contributed by atoms with E-state index >= 15 is 0 Å². The first-order chi connectivity index (χ1) is 17.5. The molecule has 7 nitrogen and oxygen atoms in total. The largest absolute Gasteiger partial charge is 0.490 e. The fraction of sp³-hybridized carbons (Fsp3) is 0.478. The van der Waals surface area contributed by atoms with Gasteiger partial charge in [-0.3, -0.25) is 9.80 Å². The second kappa shape index (κ2) is 13.2. The lowest BCUT2D eigenvalue weighted by atomic mass is 10.1. The first kappa shape index (κ1) is 31.3. The average molecular weight is 575 g/mol. The summed E-state index contributed by atoms with van der Waals surface area (Å²) in [5.74, 6) is -5.11. The fourth-order valence-corrected chi connectivity index (χ4v) is 4.75. The summed E-state index contributed by atoms with van der Waals surface area (Å²) in [5, 5.41) is 14.2. The number of aryl methyl sites for hydroxylation is 1. The maximum atomic E-state index is 13.3. The summed E-state index contributed by atoms with van der Waals surface area (Å²) in [6.07, 6.45) is -8.98. The summed E-state index contributed by atoms with van der Waals surface area (Å²) >= 11 is 1.89. The molecular weight excluding hydrogens is 549 g/mol. The van der Waals surface area contributed by atoms with Crippen molar-refractivity contribution in [1.29, 1.82) is 0 Å². The average Bonchev–Trinajstić information content (AvgIpc) is 3.38. The van der Waals surface area contributed by atoms with Gasteiger partial charge < -0.3 is 14.9 Å². The maximum Gasteiger partial charge on any atom is 0.490 e. The van der Waals surface area contributed by atoms with Gasteiger partial charge in [-0.1, -0.05) is 6.07 Å². The van der Waals surface area contributed by atoms with E-state index in [1.165, 1.54) is 21.9 Å². The Labute approximate surface area is 217 Å². The molecule has 2 N–H and O–H groups in total. The SMILES string of the molecule is Cc1ccc(CN2CCN3CC(Oc4cccc(F)c4)CC3C2)s1.O=C(O)C(F)(F)F.O=C(O)C(F)(F)F. The molecule has 15 heteroatoms. The molecule has 0 bridgehead atoms. The Hall–Kier alpha value is -2.91. The lowest BCUT2D eigenvalue weighted by Gasteiger charge is -2.36. The molecule has 2 aliphatic heterocycles. The monoisotopic (exact) mass is 574 g/mol. The van der Waals surface area contributed by atoms with Gasteiger partial charge in [-0.05, 0) is 31.2 Å². The number of carboxylic acids is 2. The van der Waals surface area contributed by atoms with E-state index in [0.29, 0.717) is 11.8 Å². The molecule has 3 heterocycles. The molecule has 1 aromatic heterocycles. The number of halogens is 7. The number of ether oxygens (including phenoxy) is 1. The number of hydrogen-bond acceptors (Lipinski definition) is 6. The third kappa shape index (κ3) is 10.5. The van der Waals surface area contributed by atoms with Crippen LogP contribution >= 0.6 is 11.3 Å². The van der Waals surface area contributed by atoms with Gasteiger partial charge in [-0.2, -0.15) is 26.3 Å². The standard InChI is InChI=1S/C19H23FN2OS.2C2HF3O2/c1-14-5-6-19(24-14)13-21-7-8-22-12-18(10-16(22)11-21)23-17-4-2-3-15(20)9-17;2*3-2(4,5)1(6)7/h2-6,9,16,18H,7-8,10-13H2,1H3;2*(H,6,7). The van der Waals surface area contributed by atoms with Crippen molar-refractivity contribution >= 4 is 23.3 Å². The van der Waals surface area contributed by atoms with Crippen molar-refractivity contribution in [3.63, 3.8) is 0 Å². The normalized spacial score (nSPS) is 19.9. The van der Waals surface area contributed by atoms with Crippen LogP contribution in [0.3, 0.4) is 0 Å². The molecule has 0 spiro atoms. The van der Waals surface area contributed by atoms with Crippen LogP contribution in [0.25, 0.3) is 0 Å². The minimum absolute atomic E-state index is 0.167. The van der Waals surface area contributed by atoms with E-state index in [1.807, 2.05) is 17.4 Å². The lowest BCUT2D eigenvalue weighted by Crippen LogP contribution is -2.49. The molecule has 0 amide bonds. The van der Waals surface area contributed by atoms with E-state index < -0.39 is 24.3 Å². The van der Waals surface area contributed by atoms with Crippen molar-refractivity contribution < 1.29 is 55.3 Å². The molecule has 0 aliphatic carbocycles. The minimum Gasteiger partial charge on any atom is -0.489 e. The zero-order valence-electron chi connectivity index (χ0n) is 19.9. The number of piperazine rings is 1. The van der Waals surface area contributed by atoms with E-state index in [9.17, 15) is 30.7 Å². The summed E-state index contributed by atoms with van der Waals surface area (Å²) < 4.78 is 82.8. The van der Waals surface area contributed by atoms with Crippen LogP contribution < -0.4 is 4.74 Å². The molecule has 212 valence electrons. The van der Waals surface area contributed by atoms with E-state index in [2.05, 4.69) is 28.9 Å². The number of hydrogen-bond donors (Lipinski definition) is 2. The van der Waals surface area contributed by atoms with Gasteiger partial charge in [-0.15, -0.1) is 11.3 Å². The highest BCUT2D eigenvalue weighted by Gasteiger charge is 2.39. The number of thiophene rings is 1. The van der Waals surface area contributed by atoms with Crippen LogP contribution in [0.15, 0.2) is 36.4 Å². The van der Waals surface area contributed by atoms with Crippen LogP contribution in [-0.4, -0.2) is 82.6 Å². The molecule has 4 rings (SSSR count). The molecule has 38 heavy (non-hydrogen) atoms. The van der Waals surface area contributed by atoms with Gasteiger partial charge in [0.2, 0.25) is 0 Å². The number of aliphatic carboxylic acids is 2. The van der Waals surface area contributed by atoms with Gasteiger partial charge in [0.25, 0.3) is 0 Å². The number of carbonyl (C=O) groups is 2. The van der Waals surface area contributed by atoms with Crippen molar-refractivity contribution in [3.05, 3.63) is 52.0 Å². The van der Waals surface area contributed by atoms with Gasteiger partial charge in [0.1, 0.15) is 17.7 Å². The van der Waals surface area contributed by atoms with E-state index in [0.717, 1.165) is 39.1 Å². The van der Waals surface area contributed by atoms with Crippen LogP contribution in [-0.2, 0) is 16.1 Å². The highest BCUT2D eigenvalue weighted by Crippen LogP contribution is 2.27. The van der Waals surface area contributed by atoms with Crippen molar-refractivity contribution in [2.24, 2.45) is 0 Å². The Bertz CT molecular complexity index is 1050.